The topological polar surface area (TPSA) is 93.8 Å². The van der Waals surface area contributed by atoms with Crippen LogP contribution in [0.15, 0.2) is 26.9 Å². The van der Waals surface area contributed by atoms with Crippen molar-refractivity contribution in [2.75, 3.05) is 0 Å². The van der Waals surface area contributed by atoms with Crippen LogP contribution >= 0.6 is 27.7 Å². The van der Waals surface area contributed by atoms with Gasteiger partial charge in [-0.3, -0.25) is 0 Å². The maximum atomic E-state index is 11.3. The molecule has 2 aromatic rings. The molecule has 0 aromatic carbocycles. The lowest BCUT2D eigenvalue weighted by molar-refractivity contribution is 0.0692. The summed E-state index contributed by atoms with van der Waals surface area (Å²) < 4.78 is 2.41. The minimum atomic E-state index is -1.02. The number of hydrogen-bond donors (Lipinski definition) is 1. The molecule has 9 heteroatoms. The van der Waals surface area contributed by atoms with E-state index >= 15 is 0 Å². The van der Waals surface area contributed by atoms with Gasteiger partial charge in [0.1, 0.15) is 5.03 Å². The minimum Gasteiger partial charge on any atom is -0.478 e. The molecule has 1 saturated carbocycles. The molecule has 0 aliphatic heterocycles. The Kier molecular flexibility index (Phi) is 4.20. The van der Waals surface area contributed by atoms with E-state index in [2.05, 4.69) is 36.4 Å². The van der Waals surface area contributed by atoms with E-state index < -0.39 is 5.97 Å². The first kappa shape index (κ1) is 14.5. The molecule has 0 spiro atoms. The van der Waals surface area contributed by atoms with Gasteiger partial charge in [0.15, 0.2) is 0 Å². The summed E-state index contributed by atoms with van der Waals surface area (Å²) in [4.78, 5) is 15.5. The molecule has 0 saturated heterocycles. The van der Waals surface area contributed by atoms with Crippen LogP contribution in [0.25, 0.3) is 0 Å². The van der Waals surface area contributed by atoms with Crippen LogP contribution in [-0.4, -0.2) is 36.3 Å². The Morgan fingerprint density at radius 2 is 2.19 bits per heavy atom. The quantitative estimate of drug-likeness (QED) is 0.884. The highest BCUT2D eigenvalue weighted by Crippen LogP contribution is 2.34. The number of carboxylic acids is 1. The van der Waals surface area contributed by atoms with Crippen LogP contribution in [0.4, 0.5) is 0 Å². The first-order valence-corrected chi connectivity index (χ1v) is 8.10. The van der Waals surface area contributed by atoms with E-state index in [0.717, 1.165) is 12.8 Å². The van der Waals surface area contributed by atoms with Crippen molar-refractivity contribution in [2.45, 2.75) is 41.9 Å². The maximum absolute atomic E-state index is 11.3. The molecule has 0 atom stereocenters. The Balaban J connectivity index is 1.91. The summed E-state index contributed by atoms with van der Waals surface area (Å²) in [6.07, 6.45) is 6.02. The fourth-order valence-electron chi connectivity index (χ4n) is 2.38. The molecule has 2 aromatic heterocycles. The van der Waals surface area contributed by atoms with E-state index in [0.29, 0.717) is 20.7 Å². The van der Waals surface area contributed by atoms with Crippen molar-refractivity contribution in [2.24, 2.45) is 0 Å². The second kappa shape index (κ2) is 6.10. The number of rotatable bonds is 4. The number of tetrazole rings is 1. The third kappa shape index (κ3) is 3.08. The van der Waals surface area contributed by atoms with Gasteiger partial charge in [0.2, 0.25) is 5.16 Å². The molecule has 1 N–H and O–H groups in total. The zero-order valence-electron chi connectivity index (χ0n) is 10.9. The van der Waals surface area contributed by atoms with Gasteiger partial charge < -0.3 is 5.11 Å². The fraction of sp³-hybridized carbons (Fsp3) is 0.417. The Labute approximate surface area is 133 Å². The number of aromatic nitrogens is 5. The van der Waals surface area contributed by atoms with Crippen LogP contribution < -0.4 is 0 Å². The maximum Gasteiger partial charge on any atom is 0.338 e. The van der Waals surface area contributed by atoms with Gasteiger partial charge in [0, 0.05) is 10.7 Å². The van der Waals surface area contributed by atoms with Crippen LogP contribution in [0, 0.1) is 0 Å². The van der Waals surface area contributed by atoms with Crippen LogP contribution in [0.3, 0.4) is 0 Å². The third-order valence-corrected chi connectivity index (χ3v) is 4.77. The molecule has 21 heavy (non-hydrogen) atoms. The molecule has 2 heterocycles. The molecule has 110 valence electrons. The van der Waals surface area contributed by atoms with E-state index in [4.69, 9.17) is 0 Å². The van der Waals surface area contributed by atoms with Crippen LogP contribution in [-0.2, 0) is 0 Å². The number of halogens is 1. The number of hydrogen-bond acceptors (Lipinski definition) is 6. The lowest BCUT2D eigenvalue weighted by atomic mass is 10.3. The van der Waals surface area contributed by atoms with Crippen molar-refractivity contribution in [3.63, 3.8) is 0 Å². The molecule has 0 radical (unpaired) electrons. The Bertz CT molecular complexity index is 671. The van der Waals surface area contributed by atoms with Gasteiger partial charge >= 0.3 is 5.97 Å². The van der Waals surface area contributed by atoms with E-state index in [-0.39, 0.29) is 5.56 Å². The smallest absolute Gasteiger partial charge is 0.338 e. The molecule has 0 amide bonds. The number of carbonyl (C=O) groups is 1. The predicted molar refractivity (Wildman–Crippen MR) is 78.3 cm³/mol. The van der Waals surface area contributed by atoms with Gasteiger partial charge in [-0.2, -0.15) is 0 Å². The highest BCUT2D eigenvalue weighted by Gasteiger charge is 2.23. The van der Waals surface area contributed by atoms with Crippen molar-refractivity contribution < 1.29 is 9.90 Å². The van der Waals surface area contributed by atoms with Crippen molar-refractivity contribution in [3.05, 3.63) is 22.3 Å². The zero-order valence-corrected chi connectivity index (χ0v) is 13.3. The summed E-state index contributed by atoms with van der Waals surface area (Å²) in [5.41, 5.74) is 0.135. The van der Waals surface area contributed by atoms with E-state index in [1.807, 2.05) is 0 Å². The second-order valence-electron chi connectivity index (χ2n) is 4.76. The highest BCUT2D eigenvalue weighted by atomic mass is 79.9. The molecule has 1 fully saturated rings. The zero-order chi connectivity index (χ0) is 14.8. The molecule has 0 unspecified atom stereocenters. The molecular formula is C12H12BrN5O2S. The number of pyridine rings is 1. The monoisotopic (exact) mass is 369 g/mol. The van der Waals surface area contributed by atoms with Crippen LogP contribution in [0.2, 0.25) is 0 Å². The average molecular weight is 370 g/mol. The summed E-state index contributed by atoms with van der Waals surface area (Å²) in [7, 11) is 0. The molecule has 7 nitrogen and oxygen atoms in total. The third-order valence-electron chi connectivity index (χ3n) is 3.37. The summed E-state index contributed by atoms with van der Waals surface area (Å²) in [5, 5.41) is 22.0. The summed E-state index contributed by atoms with van der Waals surface area (Å²) in [6.45, 7) is 0. The average Bonchev–Trinajstić information content (AvgIpc) is 3.11. The summed E-state index contributed by atoms with van der Waals surface area (Å²) in [6, 6.07) is 1.83. The second-order valence-corrected chi connectivity index (χ2v) is 6.63. The van der Waals surface area contributed by atoms with Gasteiger partial charge in [0.25, 0.3) is 0 Å². The van der Waals surface area contributed by atoms with Crippen molar-refractivity contribution in [1.82, 2.24) is 25.2 Å². The molecule has 0 bridgehead atoms. The van der Waals surface area contributed by atoms with Crippen LogP contribution in [0.1, 0.15) is 42.1 Å². The van der Waals surface area contributed by atoms with Gasteiger partial charge in [0.05, 0.1) is 11.6 Å². The van der Waals surface area contributed by atoms with Crippen LogP contribution in [0.5, 0.6) is 0 Å². The number of nitrogens with zero attached hydrogens (tertiary/aromatic N) is 5. The van der Waals surface area contributed by atoms with E-state index in [1.165, 1.54) is 30.7 Å². The lowest BCUT2D eigenvalue weighted by Crippen LogP contribution is -2.09. The van der Waals surface area contributed by atoms with Gasteiger partial charge in [-0.15, -0.1) is 5.10 Å². The lowest BCUT2D eigenvalue weighted by Gasteiger charge is -2.11. The number of carboxylic acid groups (broad SMARTS) is 1. The van der Waals surface area contributed by atoms with Crippen molar-refractivity contribution in [3.8, 4) is 0 Å². The van der Waals surface area contributed by atoms with Crippen molar-refractivity contribution in [1.29, 1.82) is 0 Å². The Morgan fingerprint density at radius 3 is 2.90 bits per heavy atom. The van der Waals surface area contributed by atoms with Gasteiger partial charge in [-0.1, -0.05) is 12.8 Å². The summed E-state index contributed by atoms with van der Waals surface area (Å²) in [5.74, 6) is -1.02. The largest absolute Gasteiger partial charge is 0.478 e. The fourth-order valence-corrected chi connectivity index (χ4v) is 3.60. The van der Waals surface area contributed by atoms with Gasteiger partial charge in [-0.25, -0.2) is 14.5 Å². The molecule has 3 rings (SSSR count). The Hall–Kier alpha value is -1.48. The van der Waals surface area contributed by atoms with Crippen molar-refractivity contribution >= 4 is 33.7 Å². The first-order chi connectivity index (χ1) is 10.1. The first-order valence-electron chi connectivity index (χ1n) is 6.49. The minimum absolute atomic E-state index is 0.135. The van der Waals surface area contributed by atoms with E-state index in [1.54, 1.807) is 10.9 Å². The van der Waals surface area contributed by atoms with E-state index in [9.17, 15) is 9.90 Å². The van der Waals surface area contributed by atoms with Gasteiger partial charge in [-0.05, 0) is 57.0 Å². The molecular weight excluding hydrogens is 358 g/mol. The highest BCUT2D eigenvalue weighted by molar-refractivity contribution is 9.10. The summed E-state index contributed by atoms with van der Waals surface area (Å²) >= 11 is 4.42. The normalized spacial score (nSPS) is 15.5. The molecule has 1 aliphatic rings. The SMILES string of the molecule is O=C(O)c1cc(Br)cnc1Sc1nnnn1C1CCCC1. The number of aromatic carboxylic acids is 1. The molecule has 1 aliphatic carbocycles. The standard InChI is InChI=1S/C12H12BrN5O2S/c13-7-5-9(11(19)20)10(14-6-7)21-12-15-16-17-18(12)8-3-1-2-4-8/h5-6,8H,1-4H2,(H,19,20). The Morgan fingerprint density at radius 1 is 1.43 bits per heavy atom. The predicted octanol–water partition coefficient (Wildman–Crippen LogP) is 2.80.